The number of hydrogen-bond acceptors (Lipinski definition) is 2. The molecule has 20 heavy (non-hydrogen) atoms. The van der Waals surface area contributed by atoms with Crippen LogP contribution in [0.15, 0.2) is 24.3 Å². The van der Waals surface area contributed by atoms with Gasteiger partial charge in [0.2, 0.25) is 5.91 Å². The summed E-state index contributed by atoms with van der Waals surface area (Å²) in [5.41, 5.74) is 2.47. The molecular formula is C17H26N2O. The van der Waals surface area contributed by atoms with E-state index in [1.165, 1.54) is 5.56 Å². The van der Waals surface area contributed by atoms with E-state index in [1.807, 2.05) is 4.90 Å². The van der Waals surface area contributed by atoms with Gasteiger partial charge in [0.05, 0.1) is 6.42 Å². The van der Waals surface area contributed by atoms with Crippen LogP contribution in [0.2, 0.25) is 0 Å². The molecule has 1 aliphatic heterocycles. The van der Waals surface area contributed by atoms with Gasteiger partial charge < -0.3 is 10.2 Å². The summed E-state index contributed by atoms with van der Waals surface area (Å²) in [6, 6.07) is 8.81. The Labute approximate surface area is 122 Å². The van der Waals surface area contributed by atoms with Crippen molar-refractivity contribution in [3.05, 3.63) is 35.4 Å². The molecular weight excluding hydrogens is 248 g/mol. The standard InChI is InChI=1S/C17H26N2O/c1-13(2)10-15-4-6-16(7-5-15)11-17(20)19-9-8-18-12-14(19)3/h4-7,13-14,18H,8-12H2,1-3H3. The molecule has 0 spiro atoms. The number of carbonyl (C=O) groups excluding carboxylic acids is 1. The first-order chi connectivity index (χ1) is 9.56. The summed E-state index contributed by atoms with van der Waals surface area (Å²) >= 11 is 0. The van der Waals surface area contributed by atoms with Gasteiger partial charge >= 0.3 is 0 Å². The van der Waals surface area contributed by atoms with Gasteiger partial charge in [-0.05, 0) is 30.4 Å². The van der Waals surface area contributed by atoms with E-state index in [-0.39, 0.29) is 5.91 Å². The Morgan fingerprint density at radius 3 is 2.55 bits per heavy atom. The Balaban J connectivity index is 1.93. The van der Waals surface area contributed by atoms with Crippen LogP contribution < -0.4 is 5.32 Å². The van der Waals surface area contributed by atoms with Crippen molar-refractivity contribution >= 4 is 5.91 Å². The fourth-order valence-corrected chi connectivity index (χ4v) is 2.75. The van der Waals surface area contributed by atoms with E-state index in [1.54, 1.807) is 0 Å². The minimum Gasteiger partial charge on any atom is -0.337 e. The summed E-state index contributed by atoms with van der Waals surface area (Å²) in [5.74, 6) is 0.916. The van der Waals surface area contributed by atoms with Gasteiger partial charge in [0.25, 0.3) is 0 Å². The van der Waals surface area contributed by atoms with Crippen LogP contribution in [0.5, 0.6) is 0 Å². The first kappa shape index (κ1) is 15.0. The maximum Gasteiger partial charge on any atom is 0.227 e. The maximum absolute atomic E-state index is 12.3. The summed E-state index contributed by atoms with van der Waals surface area (Å²) in [5, 5.41) is 3.31. The number of amides is 1. The molecule has 1 saturated heterocycles. The summed E-state index contributed by atoms with van der Waals surface area (Å²) in [7, 11) is 0. The number of nitrogens with one attached hydrogen (secondary N) is 1. The molecule has 0 bridgehead atoms. The van der Waals surface area contributed by atoms with Crippen molar-refractivity contribution in [3.8, 4) is 0 Å². The lowest BCUT2D eigenvalue weighted by Crippen LogP contribution is -2.52. The van der Waals surface area contributed by atoms with Crippen molar-refractivity contribution in [1.29, 1.82) is 0 Å². The third kappa shape index (κ3) is 4.07. The van der Waals surface area contributed by atoms with E-state index in [2.05, 4.69) is 50.4 Å². The van der Waals surface area contributed by atoms with Gasteiger partial charge in [0.1, 0.15) is 0 Å². The van der Waals surface area contributed by atoms with Gasteiger partial charge in [-0.25, -0.2) is 0 Å². The SMILES string of the molecule is CC(C)Cc1ccc(CC(=O)N2CCNCC2C)cc1. The van der Waals surface area contributed by atoms with E-state index in [4.69, 9.17) is 0 Å². The molecule has 3 nitrogen and oxygen atoms in total. The van der Waals surface area contributed by atoms with Crippen molar-refractivity contribution in [1.82, 2.24) is 10.2 Å². The van der Waals surface area contributed by atoms with Crippen LogP contribution in [0.3, 0.4) is 0 Å². The van der Waals surface area contributed by atoms with Gasteiger partial charge in [-0.15, -0.1) is 0 Å². The second-order valence-corrected chi connectivity index (χ2v) is 6.23. The Bertz CT molecular complexity index is 439. The number of rotatable bonds is 4. The summed E-state index contributed by atoms with van der Waals surface area (Å²) < 4.78 is 0. The number of carbonyl (C=O) groups is 1. The predicted octanol–water partition coefficient (Wildman–Crippen LogP) is 2.25. The molecule has 2 rings (SSSR count). The van der Waals surface area contributed by atoms with E-state index in [0.29, 0.717) is 18.4 Å². The van der Waals surface area contributed by atoms with E-state index >= 15 is 0 Å². The number of benzene rings is 1. The number of hydrogen-bond donors (Lipinski definition) is 1. The van der Waals surface area contributed by atoms with Crippen molar-refractivity contribution in [2.45, 2.75) is 39.7 Å². The van der Waals surface area contributed by atoms with Gasteiger partial charge in [0, 0.05) is 25.7 Å². The van der Waals surface area contributed by atoms with Crippen LogP contribution in [0, 0.1) is 5.92 Å². The van der Waals surface area contributed by atoms with Crippen LogP contribution in [0.1, 0.15) is 31.9 Å². The Kier molecular flexibility index (Phi) is 5.18. The molecule has 0 saturated carbocycles. The summed E-state index contributed by atoms with van der Waals surface area (Å²) in [6.07, 6.45) is 1.62. The molecule has 0 aromatic heterocycles. The first-order valence-electron chi connectivity index (χ1n) is 7.64. The van der Waals surface area contributed by atoms with Gasteiger partial charge in [-0.2, -0.15) is 0 Å². The van der Waals surface area contributed by atoms with Gasteiger partial charge in [0.15, 0.2) is 0 Å². The van der Waals surface area contributed by atoms with Gasteiger partial charge in [-0.3, -0.25) is 4.79 Å². The minimum atomic E-state index is 0.246. The zero-order valence-electron chi connectivity index (χ0n) is 12.9. The average molecular weight is 274 g/mol. The third-order valence-corrected chi connectivity index (χ3v) is 3.84. The molecule has 1 aliphatic rings. The Morgan fingerprint density at radius 1 is 1.30 bits per heavy atom. The van der Waals surface area contributed by atoms with E-state index in [0.717, 1.165) is 31.6 Å². The molecule has 1 aromatic carbocycles. The quantitative estimate of drug-likeness (QED) is 0.913. The van der Waals surface area contributed by atoms with E-state index in [9.17, 15) is 4.79 Å². The van der Waals surface area contributed by atoms with Crippen LogP contribution in [0.4, 0.5) is 0 Å². The average Bonchev–Trinajstić information content (AvgIpc) is 2.41. The highest BCUT2D eigenvalue weighted by Gasteiger charge is 2.22. The molecule has 1 amide bonds. The second kappa shape index (κ2) is 6.89. The number of nitrogens with zero attached hydrogens (tertiary/aromatic N) is 1. The summed E-state index contributed by atoms with van der Waals surface area (Å²) in [4.78, 5) is 14.3. The Morgan fingerprint density at radius 2 is 1.95 bits per heavy atom. The van der Waals surface area contributed by atoms with Crippen molar-refractivity contribution < 1.29 is 4.79 Å². The molecule has 1 N–H and O–H groups in total. The molecule has 0 aliphatic carbocycles. The highest BCUT2D eigenvalue weighted by atomic mass is 16.2. The molecule has 0 radical (unpaired) electrons. The van der Waals surface area contributed by atoms with E-state index < -0.39 is 0 Å². The molecule has 1 fully saturated rings. The molecule has 1 atom stereocenters. The largest absolute Gasteiger partial charge is 0.337 e. The monoisotopic (exact) mass is 274 g/mol. The zero-order chi connectivity index (χ0) is 14.5. The lowest BCUT2D eigenvalue weighted by Gasteiger charge is -2.34. The highest BCUT2D eigenvalue weighted by molar-refractivity contribution is 5.79. The van der Waals surface area contributed by atoms with Crippen LogP contribution in [0.25, 0.3) is 0 Å². The molecule has 1 heterocycles. The molecule has 1 aromatic rings. The highest BCUT2D eigenvalue weighted by Crippen LogP contribution is 2.12. The zero-order valence-corrected chi connectivity index (χ0v) is 12.9. The van der Waals surface area contributed by atoms with Gasteiger partial charge in [-0.1, -0.05) is 38.1 Å². The summed E-state index contributed by atoms with van der Waals surface area (Å²) in [6.45, 7) is 9.19. The second-order valence-electron chi connectivity index (χ2n) is 6.23. The van der Waals surface area contributed by atoms with Crippen molar-refractivity contribution in [2.75, 3.05) is 19.6 Å². The lowest BCUT2D eigenvalue weighted by molar-refractivity contribution is -0.133. The number of piperazine rings is 1. The van der Waals surface area contributed by atoms with Crippen LogP contribution in [-0.4, -0.2) is 36.5 Å². The lowest BCUT2D eigenvalue weighted by atomic mass is 10.0. The topological polar surface area (TPSA) is 32.3 Å². The third-order valence-electron chi connectivity index (χ3n) is 3.84. The minimum absolute atomic E-state index is 0.246. The smallest absolute Gasteiger partial charge is 0.227 e. The normalized spacial score (nSPS) is 19.4. The maximum atomic E-state index is 12.3. The Hall–Kier alpha value is -1.35. The van der Waals surface area contributed by atoms with Crippen molar-refractivity contribution in [2.24, 2.45) is 5.92 Å². The van der Waals surface area contributed by atoms with Crippen molar-refractivity contribution in [3.63, 3.8) is 0 Å². The molecule has 3 heteroatoms. The molecule has 110 valence electrons. The van der Waals surface area contributed by atoms with Crippen LogP contribution in [-0.2, 0) is 17.6 Å². The fraction of sp³-hybridized carbons (Fsp3) is 0.588. The van der Waals surface area contributed by atoms with Crippen LogP contribution >= 0.6 is 0 Å². The predicted molar refractivity (Wildman–Crippen MR) is 82.7 cm³/mol. The molecule has 1 unspecified atom stereocenters. The fourth-order valence-electron chi connectivity index (χ4n) is 2.75. The first-order valence-corrected chi connectivity index (χ1v) is 7.64.